The lowest BCUT2D eigenvalue weighted by Crippen LogP contribution is -2.12. The second kappa shape index (κ2) is 18.0. The van der Waals surface area contributed by atoms with E-state index in [1.807, 2.05) is 18.2 Å². The predicted molar refractivity (Wildman–Crippen MR) is 157 cm³/mol. The van der Waals surface area contributed by atoms with Crippen molar-refractivity contribution in [3.8, 4) is 17.6 Å². The van der Waals surface area contributed by atoms with E-state index in [0.717, 1.165) is 63.4 Å². The first-order valence-corrected chi connectivity index (χ1v) is 15.1. The standard InChI is InChI=1S/C33H38N2O9/c1-35-31-26(20-34)27(39-18-9-5-7-17-38-23-43-30-22-42-30)15-16-28(31)44-32(36)25-13-11-24(12-14-25)10-6-3-2-4-8-19-40-33(37)29-21-41-29/h11-16,29-30H,2-10,17-19,21-23H2. The van der Waals surface area contributed by atoms with Crippen LogP contribution in [0.5, 0.6) is 11.5 Å². The van der Waals surface area contributed by atoms with Crippen LogP contribution in [-0.4, -0.2) is 64.2 Å². The van der Waals surface area contributed by atoms with Crippen molar-refractivity contribution in [1.29, 1.82) is 5.26 Å². The number of nitrogens with zero attached hydrogens (tertiary/aromatic N) is 2. The highest BCUT2D eigenvalue weighted by atomic mass is 16.8. The molecular formula is C33H38N2O9. The van der Waals surface area contributed by atoms with E-state index in [1.54, 1.807) is 18.2 Å². The van der Waals surface area contributed by atoms with Gasteiger partial charge in [0, 0.05) is 6.61 Å². The summed E-state index contributed by atoms with van der Waals surface area (Å²) in [6.07, 6.45) is 7.86. The molecule has 2 heterocycles. The summed E-state index contributed by atoms with van der Waals surface area (Å²) in [5, 5.41) is 9.71. The topological polar surface area (TPSA) is 134 Å². The lowest BCUT2D eigenvalue weighted by Gasteiger charge is -2.12. The average Bonchev–Trinajstić information content (AvgIpc) is 3.97. The lowest BCUT2D eigenvalue weighted by atomic mass is 10.0. The molecule has 0 radical (unpaired) electrons. The second-order valence-electron chi connectivity index (χ2n) is 10.5. The van der Waals surface area contributed by atoms with Crippen molar-refractivity contribution in [2.75, 3.05) is 39.8 Å². The van der Waals surface area contributed by atoms with Gasteiger partial charge in [-0.1, -0.05) is 31.4 Å². The van der Waals surface area contributed by atoms with Gasteiger partial charge in [0.25, 0.3) is 0 Å². The first-order chi connectivity index (χ1) is 21.6. The molecule has 0 aromatic heterocycles. The molecule has 2 saturated heterocycles. The van der Waals surface area contributed by atoms with Gasteiger partial charge in [-0.05, 0) is 68.4 Å². The number of epoxide rings is 2. The van der Waals surface area contributed by atoms with Crippen LogP contribution in [0.3, 0.4) is 0 Å². The second-order valence-corrected chi connectivity index (χ2v) is 10.5. The van der Waals surface area contributed by atoms with Crippen molar-refractivity contribution in [1.82, 2.24) is 0 Å². The molecule has 44 heavy (non-hydrogen) atoms. The Hall–Kier alpha value is -4.00. The molecule has 2 fully saturated rings. The van der Waals surface area contributed by atoms with E-state index in [9.17, 15) is 14.9 Å². The lowest BCUT2D eigenvalue weighted by molar-refractivity contribution is -0.145. The minimum absolute atomic E-state index is 0.0181. The highest BCUT2D eigenvalue weighted by molar-refractivity contribution is 5.92. The molecule has 2 aliphatic heterocycles. The Morgan fingerprint density at radius 3 is 2.30 bits per heavy atom. The zero-order chi connectivity index (χ0) is 31.0. The number of benzene rings is 2. The van der Waals surface area contributed by atoms with Crippen LogP contribution < -0.4 is 9.47 Å². The van der Waals surface area contributed by atoms with Crippen molar-refractivity contribution < 1.29 is 42.7 Å². The van der Waals surface area contributed by atoms with Crippen LogP contribution in [0, 0.1) is 17.9 Å². The quantitative estimate of drug-likeness (QED) is 0.0438. The van der Waals surface area contributed by atoms with E-state index in [0.29, 0.717) is 38.6 Å². The van der Waals surface area contributed by atoms with Gasteiger partial charge in [-0.25, -0.2) is 14.4 Å². The van der Waals surface area contributed by atoms with Gasteiger partial charge in [-0.3, -0.25) is 0 Å². The first-order valence-electron chi connectivity index (χ1n) is 15.1. The first kappa shape index (κ1) is 32.9. The number of hydrogen-bond acceptors (Lipinski definition) is 10. The van der Waals surface area contributed by atoms with Gasteiger partial charge >= 0.3 is 11.9 Å². The summed E-state index contributed by atoms with van der Waals surface area (Å²) in [5.41, 5.74) is 1.45. The largest absolute Gasteiger partial charge is 0.494 e. The number of carbonyl (C=O) groups is 2. The Morgan fingerprint density at radius 2 is 1.57 bits per heavy atom. The summed E-state index contributed by atoms with van der Waals surface area (Å²) in [6.45, 7) is 10.3. The summed E-state index contributed by atoms with van der Waals surface area (Å²) in [5.74, 6) is -0.565. The van der Waals surface area contributed by atoms with Gasteiger partial charge in [-0.2, -0.15) is 5.26 Å². The van der Waals surface area contributed by atoms with Crippen molar-refractivity contribution in [3.63, 3.8) is 0 Å². The average molecular weight is 607 g/mol. The molecule has 2 aromatic carbocycles. The van der Waals surface area contributed by atoms with Gasteiger partial charge in [0.1, 0.15) is 30.5 Å². The maximum absolute atomic E-state index is 12.8. The maximum Gasteiger partial charge on any atom is 0.342 e. The normalized spacial score (nSPS) is 16.4. The number of unbranched alkanes of at least 4 members (excludes halogenated alkanes) is 6. The number of ether oxygens (including phenoxy) is 7. The molecule has 0 bridgehead atoms. The molecule has 0 N–H and O–H groups in total. The van der Waals surface area contributed by atoms with Crippen LogP contribution in [0.2, 0.25) is 0 Å². The summed E-state index contributed by atoms with van der Waals surface area (Å²) in [4.78, 5) is 27.7. The van der Waals surface area contributed by atoms with Crippen LogP contribution >= 0.6 is 0 Å². The molecule has 2 aliphatic rings. The van der Waals surface area contributed by atoms with Gasteiger partial charge in [0.15, 0.2) is 12.4 Å². The van der Waals surface area contributed by atoms with Crippen LogP contribution in [-0.2, 0) is 34.9 Å². The third kappa shape index (κ3) is 11.3. The smallest absolute Gasteiger partial charge is 0.342 e. The molecular weight excluding hydrogens is 568 g/mol. The fourth-order valence-electron chi connectivity index (χ4n) is 4.34. The molecule has 0 spiro atoms. The summed E-state index contributed by atoms with van der Waals surface area (Å²) in [7, 11) is 0. The fourth-order valence-corrected chi connectivity index (χ4v) is 4.34. The molecule has 2 unspecified atom stereocenters. The molecule has 11 nitrogen and oxygen atoms in total. The Balaban J connectivity index is 1.14. The van der Waals surface area contributed by atoms with E-state index in [-0.39, 0.29) is 47.9 Å². The Labute approximate surface area is 257 Å². The third-order valence-electron chi connectivity index (χ3n) is 7.00. The summed E-state index contributed by atoms with van der Waals surface area (Å²) < 4.78 is 36.8. The van der Waals surface area contributed by atoms with E-state index < -0.39 is 5.97 Å². The molecule has 0 saturated carbocycles. The highest BCUT2D eigenvalue weighted by Crippen LogP contribution is 2.38. The molecule has 11 heteroatoms. The number of nitriles is 1. The zero-order valence-corrected chi connectivity index (χ0v) is 24.8. The Bertz CT molecular complexity index is 1310. The SMILES string of the molecule is [C-]#[N+]c1c(OC(=O)c2ccc(CCCCCCCOC(=O)C3CO3)cc2)ccc(OCCCCCOCOC2CO2)c1C#N. The minimum atomic E-state index is -0.606. The van der Waals surface area contributed by atoms with Gasteiger partial charge < -0.3 is 33.2 Å². The van der Waals surface area contributed by atoms with Gasteiger partial charge in [0.05, 0.1) is 38.0 Å². The fraction of sp³-hybridized carbons (Fsp3) is 0.515. The Morgan fingerprint density at radius 1 is 0.886 bits per heavy atom. The number of carbonyl (C=O) groups excluding carboxylic acids is 2. The molecule has 2 aromatic rings. The minimum Gasteiger partial charge on any atom is -0.494 e. The van der Waals surface area contributed by atoms with Gasteiger partial charge in [0.2, 0.25) is 5.69 Å². The predicted octanol–water partition coefficient (Wildman–Crippen LogP) is 5.66. The summed E-state index contributed by atoms with van der Waals surface area (Å²) >= 11 is 0. The number of hydrogen-bond donors (Lipinski definition) is 0. The third-order valence-corrected chi connectivity index (χ3v) is 7.00. The number of aryl methyl sites for hydroxylation is 1. The zero-order valence-electron chi connectivity index (χ0n) is 24.8. The molecule has 2 atom stereocenters. The van der Waals surface area contributed by atoms with E-state index in [4.69, 9.17) is 39.7 Å². The van der Waals surface area contributed by atoms with Crippen molar-refractivity contribution >= 4 is 17.6 Å². The van der Waals surface area contributed by atoms with Crippen LogP contribution in [0.1, 0.15) is 72.9 Å². The van der Waals surface area contributed by atoms with Crippen LogP contribution in [0.25, 0.3) is 4.85 Å². The van der Waals surface area contributed by atoms with Crippen LogP contribution in [0.15, 0.2) is 36.4 Å². The van der Waals surface area contributed by atoms with Crippen molar-refractivity contribution in [3.05, 3.63) is 64.5 Å². The monoisotopic (exact) mass is 606 g/mol. The molecule has 0 aliphatic carbocycles. The molecule has 4 rings (SSSR count). The molecule has 234 valence electrons. The number of rotatable bonds is 21. The Kier molecular flexibility index (Phi) is 13.4. The number of esters is 2. The van der Waals surface area contributed by atoms with E-state index >= 15 is 0 Å². The highest BCUT2D eigenvalue weighted by Gasteiger charge is 2.32. The summed E-state index contributed by atoms with van der Waals surface area (Å²) in [6, 6.07) is 12.2. The van der Waals surface area contributed by atoms with Crippen molar-refractivity contribution in [2.45, 2.75) is 70.2 Å². The van der Waals surface area contributed by atoms with Crippen molar-refractivity contribution in [2.24, 2.45) is 0 Å². The van der Waals surface area contributed by atoms with Gasteiger partial charge in [-0.15, -0.1) is 0 Å². The maximum atomic E-state index is 12.8. The van der Waals surface area contributed by atoms with E-state index in [1.165, 1.54) is 6.07 Å². The van der Waals surface area contributed by atoms with E-state index in [2.05, 4.69) is 4.85 Å². The molecule has 0 amide bonds. The van der Waals surface area contributed by atoms with Crippen LogP contribution in [0.4, 0.5) is 5.69 Å².